The Morgan fingerprint density at radius 1 is 1.56 bits per heavy atom. The summed E-state index contributed by atoms with van der Waals surface area (Å²) in [5, 5.41) is 6.42. The lowest BCUT2D eigenvalue weighted by Gasteiger charge is -2.29. The number of thiazole rings is 1. The van der Waals surface area contributed by atoms with Crippen LogP contribution in [-0.4, -0.2) is 22.4 Å². The third-order valence-corrected chi connectivity index (χ3v) is 5.66. The van der Waals surface area contributed by atoms with Crippen molar-refractivity contribution in [2.45, 2.75) is 50.3 Å². The van der Waals surface area contributed by atoms with Crippen molar-refractivity contribution in [3.63, 3.8) is 0 Å². The molecule has 1 fully saturated rings. The number of nitrogens with zero attached hydrogens (tertiary/aromatic N) is 1. The van der Waals surface area contributed by atoms with Gasteiger partial charge in [-0.15, -0.1) is 11.3 Å². The number of hydrogen-bond donors (Lipinski definition) is 1. The molecule has 1 N–H and O–H groups in total. The van der Waals surface area contributed by atoms with Crippen LogP contribution in [0, 0.1) is 6.92 Å². The van der Waals surface area contributed by atoms with Crippen LogP contribution in [0.5, 0.6) is 0 Å². The standard InChI is InChI=1S/C13H20N2OS2/c1-9-8-18-12(14-9)13(6-4-5-7-13)15-11(16)10(2)17-3/h8,10H,4-7H2,1-3H3,(H,15,16). The summed E-state index contributed by atoms with van der Waals surface area (Å²) in [5.41, 5.74) is 0.855. The van der Waals surface area contributed by atoms with E-state index in [-0.39, 0.29) is 16.7 Å². The van der Waals surface area contributed by atoms with Crippen LogP contribution in [0.1, 0.15) is 43.3 Å². The van der Waals surface area contributed by atoms with Crippen molar-refractivity contribution in [1.29, 1.82) is 0 Å². The quantitative estimate of drug-likeness (QED) is 0.924. The molecule has 1 atom stereocenters. The number of aryl methyl sites for hydroxylation is 1. The minimum Gasteiger partial charge on any atom is -0.343 e. The number of rotatable bonds is 4. The molecule has 1 unspecified atom stereocenters. The number of carbonyl (C=O) groups excluding carboxylic acids is 1. The van der Waals surface area contributed by atoms with Crippen molar-refractivity contribution < 1.29 is 4.79 Å². The van der Waals surface area contributed by atoms with Crippen molar-refractivity contribution in [2.75, 3.05) is 6.26 Å². The summed E-state index contributed by atoms with van der Waals surface area (Å²) >= 11 is 3.26. The van der Waals surface area contributed by atoms with E-state index in [0.717, 1.165) is 23.5 Å². The molecule has 1 aromatic heterocycles. The van der Waals surface area contributed by atoms with Gasteiger partial charge < -0.3 is 5.32 Å². The second-order valence-corrected chi connectivity index (χ2v) is 6.99. The first kappa shape index (κ1) is 13.9. The van der Waals surface area contributed by atoms with Crippen LogP contribution in [-0.2, 0) is 10.3 Å². The molecular weight excluding hydrogens is 264 g/mol. The molecule has 1 heterocycles. The van der Waals surface area contributed by atoms with E-state index in [4.69, 9.17) is 0 Å². The van der Waals surface area contributed by atoms with Gasteiger partial charge in [0.05, 0.1) is 10.8 Å². The summed E-state index contributed by atoms with van der Waals surface area (Å²) in [6.07, 6.45) is 6.36. The first-order valence-electron chi connectivity index (χ1n) is 6.35. The van der Waals surface area contributed by atoms with Crippen LogP contribution in [0.4, 0.5) is 0 Å². The van der Waals surface area contributed by atoms with Crippen LogP contribution >= 0.6 is 23.1 Å². The maximum absolute atomic E-state index is 12.2. The lowest BCUT2D eigenvalue weighted by atomic mass is 9.98. The number of nitrogens with one attached hydrogen (secondary N) is 1. The van der Waals surface area contributed by atoms with Crippen LogP contribution in [0.3, 0.4) is 0 Å². The van der Waals surface area contributed by atoms with Crippen LogP contribution in [0.15, 0.2) is 5.38 Å². The molecule has 0 radical (unpaired) electrons. The first-order chi connectivity index (χ1) is 8.57. The second-order valence-electron chi connectivity index (χ2n) is 4.95. The van der Waals surface area contributed by atoms with Gasteiger partial charge in [0.2, 0.25) is 5.91 Å². The van der Waals surface area contributed by atoms with Crippen molar-refractivity contribution >= 4 is 29.0 Å². The fourth-order valence-electron chi connectivity index (χ4n) is 2.39. The van der Waals surface area contributed by atoms with E-state index in [0.29, 0.717) is 0 Å². The van der Waals surface area contributed by atoms with E-state index in [9.17, 15) is 4.79 Å². The number of carbonyl (C=O) groups is 1. The Morgan fingerprint density at radius 3 is 2.72 bits per heavy atom. The van der Waals surface area contributed by atoms with Crippen molar-refractivity contribution in [3.8, 4) is 0 Å². The minimum atomic E-state index is -0.194. The minimum absolute atomic E-state index is 0.00327. The van der Waals surface area contributed by atoms with E-state index in [1.807, 2.05) is 20.1 Å². The highest BCUT2D eigenvalue weighted by atomic mass is 32.2. The average Bonchev–Trinajstić information content (AvgIpc) is 2.98. The summed E-state index contributed by atoms with van der Waals surface area (Å²) in [6.45, 7) is 3.96. The molecule has 0 spiro atoms. The second kappa shape index (κ2) is 5.61. The molecule has 1 aromatic rings. The third-order valence-electron chi connectivity index (χ3n) is 3.57. The van der Waals surface area contributed by atoms with Gasteiger partial charge in [-0.1, -0.05) is 12.8 Å². The molecule has 0 saturated heterocycles. The molecule has 18 heavy (non-hydrogen) atoms. The Morgan fingerprint density at radius 2 is 2.22 bits per heavy atom. The zero-order valence-electron chi connectivity index (χ0n) is 11.2. The van der Waals surface area contributed by atoms with Gasteiger partial charge >= 0.3 is 0 Å². The molecular formula is C13H20N2OS2. The molecule has 0 aromatic carbocycles. The summed E-state index contributed by atoms with van der Waals surface area (Å²) in [7, 11) is 0. The Labute approximate surface area is 117 Å². The van der Waals surface area contributed by atoms with Gasteiger partial charge in [0, 0.05) is 11.1 Å². The van der Waals surface area contributed by atoms with Crippen molar-refractivity contribution in [2.24, 2.45) is 0 Å². The van der Waals surface area contributed by atoms with E-state index in [1.165, 1.54) is 12.8 Å². The zero-order valence-corrected chi connectivity index (χ0v) is 12.8. The summed E-state index contributed by atoms with van der Waals surface area (Å²) in [6, 6.07) is 0. The van der Waals surface area contributed by atoms with E-state index in [1.54, 1.807) is 23.1 Å². The SMILES string of the molecule is CSC(C)C(=O)NC1(c2nc(C)cs2)CCCC1. The molecule has 2 rings (SSSR count). The lowest BCUT2D eigenvalue weighted by Crippen LogP contribution is -2.46. The Balaban J connectivity index is 2.20. The topological polar surface area (TPSA) is 42.0 Å². The van der Waals surface area contributed by atoms with Gasteiger partial charge in [-0.2, -0.15) is 11.8 Å². The molecule has 1 aliphatic rings. The van der Waals surface area contributed by atoms with Crippen LogP contribution in [0.25, 0.3) is 0 Å². The normalized spacial score (nSPS) is 19.7. The highest BCUT2D eigenvalue weighted by molar-refractivity contribution is 7.99. The highest BCUT2D eigenvalue weighted by Gasteiger charge is 2.40. The zero-order chi connectivity index (χ0) is 13.2. The van der Waals surface area contributed by atoms with Crippen molar-refractivity contribution in [3.05, 3.63) is 16.1 Å². The monoisotopic (exact) mass is 284 g/mol. The van der Waals surface area contributed by atoms with Gasteiger partial charge in [-0.3, -0.25) is 4.79 Å². The molecule has 1 aliphatic carbocycles. The van der Waals surface area contributed by atoms with E-state index >= 15 is 0 Å². The van der Waals surface area contributed by atoms with E-state index < -0.39 is 0 Å². The Kier molecular flexibility index (Phi) is 4.33. The van der Waals surface area contributed by atoms with Crippen molar-refractivity contribution in [1.82, 2.24) is 10.3 Å². The summed E-state index contributed by atoms with van der Waals surface area (Å²) in [4.78, 5) is 16.8. The molecule has 100 valence electrons. The molecule has 0 bridgehead atoms. The fourth-order valence-corrected chi connectivity index (χ4v) is 3.67. The lowest BCUT2D eigenvalue weighted by molar-refractivity contribution is -0.122. The average molecular weight is 284 g/mol. The number of hydrogen-bond acceptors (Lipinski definition) is 4. The van der Waals surface area contributed by atoms with Gasteiger partial charge in [-0.25, -0.2) is 4.98 Å². The van der Waals surface area contributed by atoms with E-state index in [2.05, 4.69) is 15.7 Å². The smallest absolute Gasteiger partial charge is 0.233 e. The highest BCUT2D eigenvalue weighted by Crippen LogP contribution is 2.40. The maximum Gasteiger partial charge on any atom is 0.233 e. The Bertz CT molecular complexity index is 424. The summed E-state index contributed by atoms with van der Waals surface area (Å²) in [5.74, 6) is 0.136. The molecule has 0 aliphatic heterocycles. The van der Waals surface area contributed by atoms with Gasteiger partial charge in [0.1, 0.15) is 5.01 Å². The first-order valence-corrected chi connectivity index (χ1v) is 8.51. The maximum atomic E-state index is 12.2. The largest absolute Gasteiger partial charge is 0.343 e. The number of aromatic nitrogens is 1. The summed E-state index contributed by atoms with van der Waals surface area (Å²) < 4.78 is 0. The number of amides is 1. The van der Waals surface area contributed by atoms with Crippen LogP contribution < -0.4 is 5.32 Å². The van der Waals surface area contributed by atoms with Gasteiger partial charge in [0.25, 0.3) is 0 Å². The molecule has 5 heteroatoms. The fraction of sp³-hybridized carbons (Fsp3) is 0.692. The molecule has 1 saturated carbocycles. The molecule has 3 nitrogen and oxygen atoms in total. The third kappa shape index (κ3) is 2.72. The number of thioether (sulfide) groups is 1. The van der Waals surface area contributed by atoms with Crippen LogP contribution in [0.2, 0.25) is 0 Å². The van der Waals surface area contributed by atoms with Gasteiger partial charge in [0.15, 0.2) is 0 Å². The molecule has 1 amide bonds. The predicted molar refractivity (Wildman–Crippen MR) is 78.1 cm³/mol. The predicted octanol–water partition coefficient (Wildman–Crippen LogP) is 3.09. The Hall–Kier alpha value is -0.550. The van der Waals surface area contributed by atoms with Gasteiger partial charge in [-0.05, 0) is 32.9 Å².